The number of aromatic nitrogens is 1. The van der Waals surface area contributed by atoms with E-state index < -0.39 is 0 Å². The van der Waals surface area contributed by atoms with Crippen molar-refractivity contribution >= 4 is 12.2 Å². The highest BCUT2D eigenvalue weighted by Crippen LogP contribution is 2.45. The highest BCUT2D eigenvalue weighted by Gasteiger charge is 2.42. The minimum atomic E-state index is -0.378. The lowest BCUT2D eigenvalue weighted by molar-refractivity contribution is 0.0374. The van der Waals surface area contributed by atoms with Gasteiger partial charge in [0.25, 0.3) is 0 Å². The molecule has 2 unspecified atom stereocenters. The summed E-state index contributed by atoms with van der Waals surface area (Å²) in [4.78, 5) is 22.1. The topological polar surface area (TPSA) is 107 Å². The number of nitrogens with one attached hydrogen (secondary N) is 1. The van der Waals surface area contributed by atoms with Crippen molar-refractivity contribution in [2.75, 3.05) is 7.05 Å². The van der Waals surface area contributed by atoms with Crippen molar-refractivity contribution < 1.29 is 9.90 Å². The summed E-state index contributed by atoms with van der Waals surface area (Å²) in [6.07, 6.45) is 6.98. The van der Waals surface area contributed by atoms with Crippen LogP contribution in [0.5, 0.6) is 5.75 Å². The summed E-state index contributed by atoms with van der Waals surface area (Å²) in [6, 6.07) is 19.9. The van der Waals surface area contributed by atoms with Crippen LogP contribution in [0.1, 0.15) is 35.2 Å². The van der Waals surface area contributed by atoms with Gasteiger partial charge in [-0.3, -0.25) is 9.98 Å². The second-order valence-electron chi connectivity index (χ2n) is 8.04. The molecule has 1 aromatic heterocycles. The van der Waals surface area contributed by atoms with E-state index >= 15 is 0 Å². The van der Waals surface area contributed by atoms with Crippen LogP contribution in [-0.2, 0) is 6.54 Å². The molecule has 0 spiro atoms. The summed E-state index contributed by atoms with van der Waals surface area (Å²) in [5.74, 6) is 0.143. The fourth-order valence-electron chi connectivity index (χ4n) is 4.20. The van der Waals surface area contributed by atoms with Gasteiger partial charge in [0.1, 0.15) is 5.75 Å². The maximum Gasteiger partial charge on any atom is 0.337 e. The highest BCUT2D eigenvalue weighted by atomic mass is 16.3. The summed E-state index contributed by atoms with van der Waals surface area (Å²) >= 11 is 0. The van der Waals surface area contributed by atoms with Gasteiger partial charge in [0, 0.05) is 37.4 Å². The zero-order valence-electron chi connectivity index (χ0n) is 19.0. The molecular weight excluding hydrogens is 428 g/mol. The lowest BCUT2D eigenvalue weighted by Gasteiger charge is -2.32. The third-order valence-corrected chi connectivity index (χ3v) is 5.88. The molecule has 2 amide bonds. The van der Waals surface area contributed by atoms with Crippen LogP contribution in [0.15, 0.2) is 96.0 Å². The standard InChI is InChI=1S/C26H28N6O2/c1-31-23(20-10-7-13-28-17-20)14-24(22-11-5-6-12-25(22)33)32(31)26(34)30-21(15-27)18-29-16-19-8-3-2-4-9-19/h2-13,15,17-18,23-24,33H,14,16,27H2,1H3,(H,30,34). The number of allylic oxidation sites excluding steroid dienone is 1. The van der Waals surface area contributed by atoms with Gasteiger partial charge in [-0.1, -0.05) is 54.6 Å². The number of phenolic OH excluding ortho intramolecular Hbond substituents is 1. The first-order valence-corrected chi connectivity index (χ1v) is 11.0. The Balaban J connectivity index is 1.55. The Morgan fingerprint density at radius 3 is 2.62 bits per heavy atom. The fourth-order valence-corrected chi connectivity index (χ4v) is 4.20. The molecule has 174 valence electrons. The van der Waals surface area contributed by atoms with Gasteiger partial charge in [-0.05, 0) is 29.7 Å². The average Bonchev–Trinajstić information content (AvgIpc) is 3.21. The Bertz CT molecular complexity index is 1170. The van der Waals surface area contributed by atoms with Crippen molar-refractivity contribution in [3.05, 3.63) is 108 Å². The first-order chi connectivity index (χ1) is 16.6. The van der Waals surface area contributed by atoms with E-state index in [1.54, 1.807) is 35.7 Å². The molecule has 2 atom stereocenters. The van der Waals surface area contributed by atoms with Gasteiger partial charge in [0.15, 0.2) is 0 Å². The molecule has 1 aliphatic heterocycles. The van der Waals surface area contributed by atoms with Gasteiger partial charge in [-0.2, -0.15) is 0 Å². The van der Waals surface area contributed by atoms with Crippen LogP contribution in [0.3, 0.4) is 0 Å². The summed E-state index contributed by atoms with van der Waals surface area (Å²) < 4.78 is 0. The lowest BCUT2D eigenvalue weighted by atomic mass is 9.97. The molecule has 0 bridgehead atoms. The van der Waals surface area contributed by atoms with Crippen LogP contribution < -0.4 is 11.1 Å². The van der Waals surface area contributed by atoms with E-state index in [4.69, 9.17) is 5.73 Å². The van der Waals surface area contributed by atoms with Gasteiger partial charge in [-0.15, -0.1) is 0 Å². The van der Waals surface area contributed by atoms with Crippen LogP contribution in [-0.4, -0.2) is 39.4 Å². The number of hydrazine groups is 1. The van der Waals surface area contributed by atoms with E-state index in [1.165, 1.54) is 6.20 Å². The van der Waals surface area contributed by atoms with Crippen molar-refractivity contribution in [3.8, 4) is 5.75 Å². The first kappa shape index (κ1) is 23.0. The van der Waals surface area contributed by atoms with Gasteiger partial charge in [-0.25, -0.2) is 14.8 Å². The molecule has 1 saturated heterocycles. The predicted molar refractivity (Wildman–Crippen MR) is 131 cm³/mol. The normalized spacial score (nSPS) is 19.0. The lowest BCUT2D eigenvalue weighted by Crippen LogP contribution is -2.46. The van der Waals surface area contributed by atoms with Gasteiger partial charge in [0.2, 0.25) is 0 Å². The molecule has 0 radical (unpaired) electrons. The molecule has 0 saturated carbocycles. The number of phenols is 1. The summed E-state index contributed by atoms with van der Waals surface area (Å²) in [5.41, 5.74) is 8.87. The Morgan fingerprint density at radius 2 is 1.91 bits per heavy atom. The molecule has 4 rings (SSSR count). The second kappa shape index (κ2) is 10.6. The third kappa shape index (κ3) is 5.07. The van der Waals surface area contributed by atoms with E-state index in [1.807, 2.05) is 66.7 Å². The minimum Gasteiger partial charge on any atom is -0.508 e. The zero-order chi connectivity index (χ0) is 23.9. The number of nitrogens with two attached hydrogens (primary N) is 1. The number of nitrogens with zero attached hydrogens (tertiary/aromatic N) is 4. The largest absolute Gasteiger partial charge is 0.508 e. The SMILES string of the molecule is CN1C(c2cccnc2)CC(c2ccccc2O)N1C(=O)NC(C=NCc1ccccc1)=CN. The van der Waals surface area contributed by atoms with E-state index in [0.29, 0.717) is 24.2 Å². The number of hydrogen-bond acceptors (Lipinski definition) is 6. The Labute approximate surface area is 199 Å². The fraction of sp³-hybridized carbons (Fsp3) is 0.192. The summed E-state index contributed by atoms with van der Waals surface area (Å²) in [6.45, 7) is 0.473. The molecule has 34 heavy (non-hydrogen) atoms. The number of rotatable bonds is 6. The molecule has 0 aliphatic carbocycles. The number of amides is 2. The van der Waals surface area contributed by atoms with Gasteiger partial charge >= 0.3 is 6.03 Å². The van der Waals surface area contributed by atoms with Crippen molar-refractivity contribution in [2.24, 2.45) is 10.7 Å². The number of aliphatic imine (C=N–C) groups is 1. The first-order valence-electron chi connectivity index (χ1n) is 11.0. The highest BCUT2D eigenvalue weighted by molar-refractivity contribution is 5.87. The Morgan fingerprint density at radius 1 is 1.15 bits per heavy atom. The van der Waals surface area contributed by atoms with Gasteiger partial charge < -0.3 is 16.2 Å². The molecule has 2 heterocycles. The van der Waals surface area contributed by atoms with Crippen molar-refractivity contribution in [2.45, 2.75) is 25.0 Å². The Hall–Kier alpha value is -4.17. The molecule has 2 aromatic carbocycles. The van der Waals surface area contributed by atoms with Crippen LogP contribution in [0.4, 0.5) is 4.79 Å². The molecule has 3 aromatic rings. The molecule has 4 N–H and O–H groups in total. The molecular formula is C26H28N6O2. The number of carbonyl (C=O) groups excluding carboxylic acids is 1. The average molecular weight is 457 g/mol. The summed E-state index contributed by atoms with van der Waals surface area (Å²) in [7, 11) is 1.85. The molecule has 8 heteroatoms. The number of hydrogen-bond donors (Lipinski definition) is 3. The van der Waals surface area contributed by atoms with E-state index in [-0.39, 0.29) is 23.9 Å². The van der Waals surface area contributed by atoms with Crippen molar-refractivity contribution in [3.63, 3.8) is 0 Å². The number of urea groups is 1. The van der Waals surface area contributed by atoms with Crippen LogP contribution in [0.2, 0.25) is 0 Å². The number of carbonyl (C=O) groups is 1. The zero-order valence-corrected chi connectivity index (χ0v) is 19.0. The molecule has 1 fully saturated rings. The van der Waals surface area contributed by atoms with Crippen molar-refractivity contribution in [1.82, 2.24) is 20.3 Å². The smallest absolute Gasteiger partial charge is 0.337 e. The third-order valence-electron chi connectivity index (χ3n) is 5.88. The van der Waals surface area contributed by atoms with Crippen LogP contribution in [0.25, 0.3) is 0 Å². The van der Waals surface area contributed by atoms with Crippen LogP contribution >= 0.6 is 0 Å². The van der Waals surface area contributed by atoms with Crippen LogP contribution in [0, 0.1) is 0 Å². The predicted octanol–water partition coefficient (Wildman–Crippen LogP) is 3.90. The van der Waals surface area contributed by atoms with Crippen molar-refractivity contribution in [1.29, 1.82) is 0 Å². The maximum absolute atomic E-state index is 13.4. The molecule has 8 nitrogen and oxygen atoms in total. The number of aromatic hydroxyl groups is 1. The molecule has 1 aliphatic rings. The maximum atomic E-state index is 13.4. The second-order valence-corrected chi connectivity index (χ2v) is 8.04. The minimum absolute atomic E-state index is 0.0962. The number of para-hydroxylation sites is 1. The number of pyridine rings is 1. The number of benzene rings is 2. The Kier molecular flexibility index (Phi) is 7.19. The van der Waals surface area contributed by atoms with E-state index in [2.05, 4.69) is 15.3 Å². The quantitative estimate of drug-likeness (QED) is 0.488. The monoisotopic (exact) mass is 456 g/mol. The van der Waals surface area contributed by atoms with E-state index in [9.17, 15) is 9.90 Å². The summed E-state index contributed by atoms with van der Waals surface area (Å²) in [5, 5.41) is 16.9. The van der Waals surface area contributed by atoms with Gasteiger partial charge in [0.05, 0.1) is 24.3 Å². The van der Waals surface area contributed by atoms with E-state index in [0.717, 1.165) is 11.1 Å².